The van der Waals surface area contributed by atoms with E-state index in [0.29, 0.717) is 11.8 Å². The van der Waals surface area contributed by atoms with Crippen LogP contribution < -0.4 is 16.4 Å². The van der Waals surface area contributed by atoms with Crippen LogP contribution in [-0.4, -0.2) is 30.4 Å². The summed E-state index contributed by atoms with van der Waals surface area (Å²) in [6.07, 6.45) is 0.258. The van der Waals surface area contributed by atoms with Gasteiger partial charge in [0.05, 0.1) is 17.7 Å². The van der Waals surface area contributed by atoms with Crippen molar-refractivity contribution in [1.29, 1.82) is 0 Å². The highest BCUT2D eigenvalue weighted by atomic mass is 19.4. The lowest BCUT2D eigenvalue weighted by atomic mass is 9.67. The average Bonchev–Trinajstić information content (AvgIpc) is 2.60. The minimum Gasteiger partial charge on any atom is -0.351 e. The van der Waals surface area contributed by atoms with E-state index in [0.717, 1.165) is 44.2 Å². The molecule has 2 saturated carbocycles. The lowest BCUT2D eigenvalue weighted by Crippen LogP contribution is -2.55. The zero-order valence-electron chi connectivity index (χ0n) is 14.9. The van der Waals surface area contributed by atoms with Gasteiger partial charge >= 0.3 is 6.18 Å². The summed E-state index contributed by atoms with van der Waals surface area (Å²) in [6.45, 7) is -0.354. The number of carbonyl (C=O) groups is 2. The molecule has 2 amide bonds. The third kappa shape index (κ3) is 4.61. The Kier molecular flexibility index (Phi) is 5.74. The highest BCUT2D eigenvalue weighted by molar-refractivity contribution is 5.97. The second-order valence-corrected chi connectivity index (χ2v) is 7.50. The van der Waals surface area contributed by atoms with Crippen LogP contribution in [0.4, 0.5) is 13.2 Å². The molecule has 4 N–H and O–H groups in total. The predicted octanol–water partition coefficient (Wildman–Crippen LogP) is 2.46. The first-order valence-corrected chi connectivity index (χ1v) is 9.25. The molecule has 5 nitrogen and oxygen atoms in total. The summed E-state index contributed by atoms with van der Waals surface area (Å²) in [6, 6.07) is 4.72. The average molecular weight is 383 g/mol. The number of nitrogens with two attached hydrogens (primary N) is 1. The first-order chi connectivity index (χ1) is 12.8. The quantitative estimate of drug-likeness (QED) is 0.747. The number of hydrogen-bond acceptors (Lipinski definition) is 3. The number of rotatable bonds is 4. The molecule has 148 valence electrons. The molecule has 2 bridgehead atoms. The van der Waals surface area contributed by atoms with Gasteiger partial charge in [-0.15, -0.1) is 0 Å². The van der Waals surface area contributed by atoms with E-state index in [1.165, 1.54) is 12.1 Å². The maximum absolute atomic E-state index is 13.0. The Labute approximate surface area is 155 Å². The van der Waals surface area contributed by atoms with Crippen LogP contribution in [0.15, 0.2) is 24.3 Å². The van der Waals surface area contributed by atoms with Crippen molar-refractivity contribution in [3.8, 4) is 0 Å². The third-order valence-corrected chi connectivity index (χ3v) is 5.59. The summed E-state index contributed by atoms with van der Waals surface area (Å²) in [5.41, 5.74) is 4.57. The molecule has 27 heavy (non-hydrogen) atoms. The molecule has 2 aliphatic rings. The van der Waals surface area contributed by atoms with Crippen LogP contribution in [0.3, 0.4) is 0 Å². The smallest absolute Gasteiger partial charge is 0.351 e. The van der Waals surface area contributed by atoms with Crippen molar-refractivity contribution >= 4 is 11.8 Å². The van der Waals surface area contributed by atoms with E-state index in [-0.39, 0.29) is 24.5 Å². The number of amides is 2. The Morgan fingerprint density at radius 1 is 1.11 bits per heavy atom. The molecule has 0 aromatic heterocycles. The molecule has 0 aliphatic heterocycles. The fourth-order valence-electron chi connectivity index (χ4n) is 4.45. The van der Waals surface area contributed by atoms with E-state index in [1.807, 2.05) is 0 Å². The van der Waals surface area contributed by atoms with E-state index in [1.54, 1.807) is 0 Å². The van der Waals surface area contributed by atoms with E-state index >= 15 is 0 Å². The maximum Gasteiger partial charge on any atom is 0.417 e. The molecule has 2 atom stereocenters. The second kappa shape index (κ2) is 7.88. The van der Waals surface area contributed by atoms with Gasteiger partial charge in [-0.05, 0) is 49.7 Å². The van der Waals surface area contributed by atoms with Crippen LogP contribution in [0, 0.1) is 11.8 Å². The van der Waals surface area contributed by atoms with Crippen LogP contribution in [0.25, 0.3) is 0 Å². The number of carbonyl (C=O) groups excluding carboxylic acids is 2. The lowest BCUT2D eigenvalue weighted by molar-refractivity contribution is -0.137. The number of hydrogen-bond donors (Lipinski definition) is 3. The van der Waals surface area contributed by atoms with E-state index < -0.39 is 23.2 Å². The number of alkyl halides is 3. The van der Waals surface area contributed by atoms with E-state index in [2.05, 4.69) is 10.6 Å². The van der Waals surface area contributed by atoms with Crippen molar-refractivity contribution in [2.45, 2.75) is 50.4 Å². The number of nitrogens with one attached hydrogen (secondary N) is 2. The minimum absolute atomic E-state index is 0.0328. The van der Waals surface area contributed by atoms with E-state index in [9.17, 15) is 22.8 Å². The van der Waals surface area contributed by atoms with Gasteiger partial charge in [-0.3, -0.25) is 9.59 Å². The van der Waals surface area contributed by atoms with Crippen molar-refractivity contribution in [1.82, 2.24) is 10.6 Å². The van der Waals surface area contributed by atoms with Crippen molar-refractivity contribution in [3.05, 3.63) is 35.4 Å². The van der Waals surface area contributed by atoms with Crippen molar-refractivity contribution in [2.24, 2.45) is 17.6 Å². The Morgan fingerprint density at radius 3 is 2.37 bits per heavy atom. The fraction of sp³-hybridized carbons (Fsp3) is 0.579. The first kappa shape index (κ1) is 19.7. The SMILES string of the molecule is NC1CC2CCCC(C1)C2NC(=O)CNC(=O)c1ccccc1C(F)(F)F. The topological polar surface area (TPSA) is 84.2 Å². The Balaban J connectivity index is 1.58. The van der Waals surface area contributed by atoms with Crippen LogP contribution in [-0.2, 0) is 11.0 Å². The molecular weight excluding hydrogens is 359 g/mol. The zero-order chi connectivity index (χ0) is 19.6. The molecule has 1 aromatic carbocycles. The highest BCUT2D eigenvalue weighted by Gasteiger charge is 2.40. The summed E-state index contributed by atoms with van der Waals surface area (Å²) in [5.74, 6) is -0.634. The van der Waals surface area contributed by atoms with Gasteiger partial charge < -0.3 is 16.4 Å². The molecule has 1 aromatic rings. The van der Waals surface area contributed by atoms with Crippen molar-refractivity contribution in [3.63, 3.8) is 0 Å². The third-order valence-electron chi connectivity index (χ3n) is 5.59. The Bertz CT molecular complexity index is 694. The van der Waals surface area contributed by atoms with Gasteiger partial charge in [-0.25, -0.2) is 0 Å². The predicted molar refractivity (Wildman–Crippen MR) is 93.7 cm³/mol. The van der Waals surface area contributed by atoms with Crippen LogP contribution >= 0.6 is 0 Å². The molecule has 0 saturated heterocycles. The van der Waals surface area contributed by atoms with Gasteiger partial charge in [0.25, 0.3) is 5.91 Å². The standard InChI is InChI=1S/C19H24F3N3O2/c20-19(21,22)15-7-2-1-6-14(15)18(27)24-10-16(26)25-17-11-4-3-5-12(17)9-13(23)8-11/h1-2,6-7,11-13,17H,3-5,8-10,23H2,(H,24,27)(H,25,26). The minimum atomic E-state index is -4.63. The molecule has 8 heteroatoms. The highest BCUT2D eigenvalue weighted by Crippen LogP contribution is 2.39. The summed E-state index contributed by atoms with van der Waals surface area (Å²) >= 11 is 0. The van der Waals surface area contributed by atoms with Gasteiger partial charge in [0.1, 0.15) is 0 Å². The Hall–Kier alpha value is -2.09. The van der Waals surface area contributed by atoms with Gasteiger partial charge in [-0.1, -0.05) is 18.6 Å². The molecule has 2 aliphatic carbocycles. The van der Waals surface area contributed by atoms with Gasteiger partial charge in [0.15, 0.2) is 0 Å². The van der Waals surface area contributed by atoms with Crippen molar-refractivity contribution in [2.75, 3.05) is 6.54 Å². The van der Waals surface area contributed by atoms with Gasteiger partial charge in [-0.2, -0.15) is 13.2 Å². The molecule has 0 heterocycles. The summed E-state index contributed by atoms with van der Waals surface area (Å²) in [5, 5.41) is 5.26. The zero-order valence-corrected chi connectivity index (χ0v) is 14.9. The van der Waals surface area contributed by atoms with Crippen LogP contribution in [0.5, 0.6) is 0 Å². The van der Waals surface area contributed by atoms with Gasteiger partial charge in [0, 0.05) is 12.1 Å². The summed E-state index contributed by atoms with van der Waals surface area (Å²) < 4.78 is 39.0. The molecule has 2 unspecified atom stereocenters. The van der Waals surface area contributed by atoms with Gasteiger partial charge in [0.2, 0.25) is 5.91 Å². The van der Waals surface area contributed by atoms with Crippen LogP contribution in [0.2, 0.25) is 0 Å². The number of halogens is 3. The molecule has 3 rings (SSSR count). The number of fused-ring (bicyclic) bond motifs is 2. The summed E-state index contributed by atoms with van der Waals surface area (Å²) in [7, 11) is 0. The number of benzene rings is 1. The largest absolute Gasteiger partial charge is 0.417 e. The van der Waals surface area contributed by atoms with Crippen molar-refractivity contribution < 1.29 is 22.8 Å². The molecular formula is C19H24F3N3O2. The van der Waals surface area contributed by atoms with E-state index in [4.69, 9.17) is 5.73 Å². The lowest BCUT2D eigenvalue weighted by Gasteiger charge is -2.45. The monoisotopic (exact) mass is 383 g/mol. The molecule has 0 spiro atoms. The fourth-order valence-corrected chi connectivity index (χ4v) is 4.45. The maximum atomic E-state index is 13.0. The first-order valence-electron chi connectivity index (χ1n) is 9.25. The van der Waals surface area contributed by atoms with Crippen LogP contribution in [0.1, 0.15) is 48.0 Å². The normalized spacial score (nSPS) is 27.7. The summed E-state index contributed by atoms with van der Waals surface area (Å²) in [4.78, 5) is 24.4. The molecule has 0 radical (unpaired) electrons. The molecule has 2 fully saturated rings. The Morgan fingerprint density at radius 2 is 1.74 bits per heavy atom. The second-order valence-electron chi connectivity index (χ2n) is 7.50.